The second-order valence-corrected chi connectivity index (χ2v) is 10.2. The second-order valence-electron chi connectivity index (χ2n) is 9.75. The summed E-state index contributed by atoms with van der Waals surface area (Å²) in [6.45, 7) is 11.7. The molecule has 2 N–H and O–H groups in total. The molecule has 0 aliphatic carbocycles. The van der Waals surface area contributed by atoms with Crippen LogP contribution in [0, 0.1) is 0 Å². The molecule has 9 nitrogen and oxygen atoms in total. The number of halogens is 1. The van der Waals surface area contributed by atoms with Gasteiger partial charge in [-0.25, -0.2) is 0 Å². The number of carbonyl (C=O) groups is 1. The number of carbonyl (C=O) groups excluding carboxylic acids is 1. The van der Waals surface area contributed by atoms with Gasteiger partial charge in [0.2, 0.25) is 5.82 Å². The van der Waals surface area contributed by atoms with Crippen molar-refractivity contribution in [1.29, 1.82) is 0 Å². The SMILES string of the molecule is COc1cc(O)c(-c2nnc(C(=O)NC(C)C)n2-c2ccc(CN3CCOCC3)cc2Cl)cc1C(C)C. The van der Waals surface area contributed by atoms with Gasteiger partial charge in [-0.3, -0.25) is 14.3 Å². The van der Waals surface area contributed by atoms with Gasteiger partial charge in [0.15, 0.2) is 5.82 Å². The molecule has 1 aliphatic heterocycles. The molecular weight excluding hydrogens is 494 g/mol. The first kappa shape index (κ1) is 26.9. The summed E-state index contributed by atoms with van der Waals surface area (Å²) >= 11 is 6.82. The van der Waals surface area contributed by atoms with Crippen molar-refractivity contribution in [1.82, 2.24) is 25.0 Å². The number of nitrogens with one attached hydrogen (secondary N) is 1. The Balaban J connectivity index is 1.83. The van der Waals surface area contributed by atoms with E-state index in [0.29, 0.717) is 41.1 Å². The molecule has 1 fully saturated rings. The van der Waals surface area contributed by atoms with Crippen LogP contribution in [0.4, 0.5) is 0 Å². The number of hydrogen-bond acceptors (Lipinski definition) is 7. The lowest BCUT2D eigenvalue weighted by atomic mass is 9.98. The van der Waals surface area contributed by atoms with Crippen LogP contribution in [0.1, 0.15) is 55.4 Å². The first-order chi connectivity index (χ1) is 17.7. The van der Waals surface area contributed by atoms with Gasteiger partial charge in [-0.1, -0.05) is 31.5 Å². The average Bonchev–Trinajstić information content (AvgIpc) is 3.28. The van der Waals surface area contributed by atoms with E-state index in [1.165, 1.54) is 0 Å². The predicted octanol–water partition coefficient (Wildman–Crippen LogP) is 4.40. The van der Waals surface area contributed by atoms with Crippen LogP contribution in [0.3, 0.4) is 0 Å². The summed E-state index contributed by atoms with van der Waals surface area (Å²) < 4.78 is 12.5. The molecule has 0 radical (unpaired) electrons. The fourth-order valence-corrected chi connectivity index (χ4v) is 4.69. The number of aromatic hydroxyl groups is 1. The van der Waals surface area contributed by atoms with E-state index >= 15 is 0 Å². The highest BCUT2D eigenvalue weighted by molar-refractivity contribution is 6.32. The smallest absolute Gasteiger partial charge is 0.289 e. The molecule has 0 bridgehead atoms. The van der Waals surface area contributed by atoms with Crippen LogP contribution in [0.5, 0.6) is 11.5 Å². The molecule has 0 unspecified atom stereocenters. The summed E-state index contributed by atoms with van der Waals surface area (Å²) in [7, 11) is 1.56. The minimum absolute atomic E-state index is 0.0363. The van der Waals surface area contributed by atoms with Crippen molar-refractivity contribution in [2.45, 2.75) is 46.2 Å². The number of ether oxygens (including phenoxy) is 2. The maximum atomic E-state index is 13.1. The number of hydrogen-bond donors (Lipinski definition) is 2. The summed E-state index contributed by atoms with van der Waals surface area (Å²) in [5, 5.41) is 22.8. The van der Waals surface area contributed by atoms with Gasteiger partial charge in [0.25, 0.3) is 5.91 Å². The molecule has 4 rings (SSSR count). The van der Waals surface area contributed by atoms with E-state index < -0.39 is 0 Å². The number of benzene rings is 2. The fraction of sp³-hybridized carbons (Fsp3) is 0.444. The Hall–Kier alpha value is -3.14. The third kappa shape index (κ3) is 5.89. The van der Waals surface area contributed by atoms with Crippen LogP contribution in [0.15, 0.2) is 30.3 Å². The van der Waals surface area contributed by atoms with E-state index in [-0.39, 0.29) is 29.4 Å². The lowest BCUT2D eigenvalue weighted by Crippen LogP contribution is -2.35. The van der Waals surface area contributed by atoms with Crippen LogP contribution in [-0.2, 0) is 11.3 Å². The minimum Gasteiger partial charge on any atom is -0.507 e. The Kier molecular flexibility index (Phi) is 8.36. The third-order valence-corrected chi connectivity index (χ3v) is 6.56. The summed E-state index contributed by atoms with van der Waals surface area (Å²) in [4.78, 5) is 15.4. The molecule has 0 spiro atoms. The number of nitrogens with zero attached hydrogens (tertiary/aromatic N) is 4. The summed E-state index contributed by atoms with van der Waals surface area (Å²) in [5.41, 5.74) is 2.91. The van der Waals surface area contributed by atoms with Crippen LogP contribution >= 0.6 is 11.6 Å². The lowest BCUT2D eigenvalue weighted by Gasteiger charge is -2.26. The van der Waals surface area contributed by atoms with E-state index in [1.807, 2.05) is 52.0 Å². The van der Waals surface area contributed by atoms with Crippen LogP contribution in [-0.4, -0.2) is 70.1 Å². The van der Waals surface area contributed by atoms with Crippen LogP contribution in [0.25, 0.3) is 17.1 Å². The number of aromatic nitrogens is 3. The van der Waals surface area contributed by atoms with Gasteiger partial charge in [-0.15, -0.1) is 10.2 Å². The fourth-order valence-electron chi connectivity index (χ4n) is 4.40. The molecule has 198 valence electrons. The minimum atomic E-state index is -0.390. The molecule has 0 atom stereocenters. The van der Waals surface area contributed by atoms with E-state index in [0.717, 1.165) is 30.8 Å². The van der Waals surface area contributed by atoms with E-state index in [2.05, 4.69) is 20.4 Å². The second kappa shape index (κ2) is 11.5. The number of methoxy groups -OCH3 is 1. The Morgan fingerprint density at radius 1 is 1.16 bits per heavy atom. The Morgan fingerprint density at radius 2 is 1.89 bits per heavy atom. The molecule has 1 amide bonds. The van der Waals surface area contributed by atoms with Crippen molar-refractivity contribution in [2.75, 3.05) is 33.4 Å². The molecule has 1 saturated heterocycles. The maximum absolute atomic E-state index is 13.1. The van der Waals surface area contributed by atoms with Gasteiger partial charge in [0.05, 0.1) is 36.6 Å². The highest BCUT2D eigenvalue weighted by Gasteiger charge is 2.26. The van der Waals surface area contributed by atoms with E-state index in [9.17, 15) is 9.90 Å². The predicted molar refractivity (Wildman–Crippen MR) is 143 cm³/mol. The third-order valence-electron chi connectivity index (χ3n) is 6.26. The Bertz CT molecular complexity index is 1270. The Morgan fingerprint density at radius 3 is 2.51 bits per heavy atom. The van der Waals surface area contributed by atoms with Crippen LogP contribution in [0.2, 0.25) is 5.02 Å². The first-order valence-corrected chi connectivity index (χ1v) is 12.8. The van der Waals surface area contributed by atoms with Crippen molar-refractivity contribution in [3.63, 3.8) is 0 Å². The lowest BCUT2D eigenvalue weighted by molar-refractivity contribution is 0.0342. The topological polar surface area (TPSA) is 102 Å². The first-order valence-electron chi connectivity index (χ1n) is 12.5. The maximum Gasteiger partial charge on any atom is 0.289 e. The molecule has 1 aromatic heterocycles. The number of rotatable bonds is 8. The highest BCUT2D eigenvalue weighted by atomic mass is 35.5. The summed E-state index contributed by atoms with van der Waals surface area (Å²) in [5.74, 6) is 0.653. The Labute approximate surface area is 222 Å². The van der Waals surface area contributed by atoms with Gasteiger partial charge >= 0.3 is 0 Å². The molecule has 2 aromatic carbocycles. The van der Waals surface area contributed by atoms with Crippen LogP contribution < -0.4 is 10.1 Å². The van der Waals surface area contributed by atoms with Crippen molar-refractivity contribution in [2.24, 2.45) is 0 Å². The van der Waals surface area contributed by atoms with Crippen molar-refractivity contribution >= 4 is 17.5 Å². The molecule has 3 aromatic rings. The zero-order valence-electron chi connectivity index (χ0n) is 21.9. The zero-order chi connectivity index (χ0) is 26.7. The largest absolute Gasteiger partial charge is 0.507 e. The van der Waals surface area contributed by atoms with Crippen molar-refractivity contribution in [3.8, 4) is 28.6 Å². The summed E-state index contributed by atoms with van der Waals surface area (Å²) in [6.07, 6.45) is 0. The molecular formula is C27H34ClN5O4. The molecule has 1 aliphatic rings. The monoisotopic (exact) mass is 527 g/mol. The van der Waals surface area contributed by atoms with Gasteiger partial charge in [-0.2, -0.15) is 0 Å². The van der Waals surface area contributed by atoms with Gasteiger partial charge < -0.3 is 19.9 Å². The molecule has 37 heavy (non-hydrogen) atoms. The van der Waals surface area contributed by atoms with Crippen molar-refractivity contribution in [3.05, 3.63) is 52.3 Å². The summed E-state index contributed by atoms with van der Waals surface area (Å²) in [6, 6.07) is 9.02. The van der Waals surface area contributed by atoms with E-state index in [4.69, 9.17) is 21.1 Å². The average molecular weight is 528 g/mol. The van der Waals surface area contributed by atoms with E-state index in [1.54, 1.807) is 17.7 Å². The number of phenolic OH excluding ortho intramolecular Hbond substituents is 1. The molecule has 10 heteroatoms. The van der Waals surface area contributed by atoms with Gasteiger partial charge in [-0.05, 0) is 49.1 Å². The zero-order valence-corrected chi connectivity index (χ0v) is 22.7. The number of amides is 1. The highest BCUT2D eigenvalue weighted by Crippen LogP contribution is 2.39. The molecule has 2 heterocycles. The standard InChI is InChI=1S/C27H34ClN5O4/c1-16(2)19-13-20(23(34)14-24(19)36-5)25-30-31-26(27(35)29-17(3)4)33(25)22-7-6-18(12-21(22)28)15-32-8-10-37-11-9-32/h6-7,12-14,16-17,34H,8-11,15H2,1-5H3,(H,29,35). The number of morpholine rings is 1. The van der Waals surface area contributed by atoms with Gasteiger partial charge in [0.1, 0.15) is 11.5 Å². The normalized spacial score (nSPS) is 14.4. The van der Waals surface area contributed by atoms with Gasteiger partial charge in [0, 0.05) is 31.7 Å². The number of phenols is 1. The quantitative estimate of drug-likeness (QED) is 0.448. The molecule has 0 saturated carbocycles. The van der Waals surface area contributed by atoms with Crippen molar-refractivity contribution < 1.29 is 19.4 Å².